The first-order valence-electron chi connectivity index (χ1n) is 21.7. The molecule has 302 valence electrons. The van der Waals surface area contributed by atoms with Gasteiger partial charge in [-0.3, -0.25) is 0 Å². The summed E-state index contributed by atoms with van der Waals surface area (Å²) in [6.07, 6.45) is 0. The summed E-state index contributed by atoms with van der Waals surface area (Å²) in [5.41, 5.74) is 7.95. The molecule has 12 rings (SSSR count). The van der Waals surface area contributed by atoms with E-state index in [2.05, 4.69) is 224 Å². The Morgan fingerprint density at radius 2 is 0.812 bits per heavy atom. The Bertz CT molecular complexity index is 3040. The maximum absolute atomic E-state index is 7.16. The molecule has 2 aliphatic heterocycles. The van der Waals surface area contributed by atoms with E-state index in [-0.39, 0.29) is 0 Å². The Morgan fingerprint density at radius 3 is 1.44 bits per heavy atom. The molecule has 0 atom stereocenters. The van der Waals surface area contributed by atoms with Crippen molar-refractivity contribution in [1.29, 1.82) is 0 Å². The second-order valence-electron chi connectivity index (χ2n) is 16.4. The van der Waals surface area contributed by atoms with E-state index in [9.17, 15) is 0 Å². The van der Waals surface area contributed by atoms with Crippen molar-refractivity contribution in [3.63, 3.8) is 0 Å². The Hall–Kier alpha value is -8.12. The predicted octanol–water partition coefficient (Wildman–Crippen LogP) is 11.4. The highest BCUT2D eigenvalue weighted by Gasteiger charge is 2.49. The van der Waals surface area contributed by atoms with Gasteiger partial charge in [0.05, 0.1) is 16.8 Å². The van der Waals surface area contributed by atoms with Crippen molar-refractivity contribution in [2.24, 2.45) is 0 Å². The van der Waals surface area contributed by atoms with Gasteiger partial charge in [0, 0.05) is 27.8 Å². The first kappa shape index (κ1) is 37.6. The van der Waals surface area contributed by atoms with Gasteiger partial charge in [-0.25, -0.2) is 9.97 Å². The first-order chi connectivity index (χ1) is 31.7. The number of rotatable bonds is 7. The third kappa shape index (κ3) is 5.75. The molecule has 0 saturated heterocycles. The molecule has 1 aromatic heterocycles. The van der Waals surface area contributed by atoms with Crippen LogP contribution in [0.4, 0.5) is 0 Å². The highest BCUT2D eigenvalue weighted by atomic mass is 28.3. The van der Waals surface area contributed by atoms with E-state index >= 15 is 0 Å². The molecule has 4 nitrogen and oxygen atoms in total. The number of hydrogen-bond donors (Lipinski definition) is 0. The lowest BCUT2D eigenvalue weighted by molar-refractivity contribution is 0.436. The van der Waals surface area contributed by atoms with Gasteiger partial charge in [0.25, 0.3) is 0 Å². The summed E-state index contributed by atoms with van der Waals surface area (Å²) in [6, 6.07) is 86.0. The lowest BCUT2D eigenvalue weighted by Gasteiger charge is -2.42. The van der Waals surface area contributed by atoms with Crippen LogP contribution in [0.5, 0.6) is 23.0 Å². The van der Waals surface area contributed by atoms with Crippen LogP contribution in [0.15, 0.2) is 243 Å². The second kappa shape index (κ2) is 15.3. The van der Waals surface area contributed by atoms with Crippen LogP contribution in [0.1, 0.15) is 22.3 Å². The molecule has 64 heavy (non-hydrogen) atoms. The molecule has 2 aliphatic rings. The van der Waals surface area contributed by atoms with Gasteiger partial charge >= 0.3 is 0 Å². The van der Waals surface area contributed by atoms with Crippen LogP contribution in [0.2, 0.25) is 0 Å². The minimum atomic E-state index is -2.92. The molecule has 0 radical (unpaired) electrons. The molecule has 0 bridgehead atoms. The van der Waals surface area contributed by atoms with Crippen molar-refractivity contribution in [2.75, 3.05) is 0 Å². The van der Waals surface area contributed by atoms with Crippen LogP contribution < -0.4 is 30.2 Å². The molecule has 5 heteroatoms. The third-order valence-corrected chi connectivity index (χ3v) is 17.8. The van der Waals surface area contributed by atoms with Gasteiger partial charge in [-0.2, -0.15) is 0 Å². The molecular weight excluding hydrogens is 797 g/mol. The lowest BCUT2D eigenvalue weighted by atomic mass is 9.63. The molecule has 10 aromatic rings. The summed E-state index contributed by atoms with van der Waals surface area (Å²) >= 11 is 0. The molecule has 0 fully saturated rings. The first-order valence-corrected chi connectivity index (χ1v) is 23.7. The Balaban J connectivity index is 1.13. The SMILES string of the molecule is c1ccc(-c2nc(-c3cccc4c3Oc3ccccc3C4(c3ccccc3)c3ccccc3)cc(-c3cccc4c3Oc3ccccc3[Si]4(c3ccccc3)c3ccccc3)n2)cc1. The molecule has 3 heterocycles. The molecular formula is C59H40N2O2Si. The van der Waals surface area contributed by atoms with Gasteiger partial charge in [0.15, 0.2) is 13.9 Å². The van der Waals surface area contributed by atoms with Crippen LogP contribution in [-0.2, 0) is 5.41 Å². The number of aromatic nitrogens is 2. The van der Waals surface area contributed by atoms with E-state index in [1.54, 1.807) is 0 Å². The van der Waals surface area contributed by atoms with Crippen molar-refractivity contribution in [3.05, 3.63) is 265 Å². The monoisotopic (exact) mass is 836 g/mol. The van der Waals surface area contributed by atoms with E-state index in [0.29, 0.717) is 5.82 Å². The summed E-state index contributed by atoms with van der Waals surface area (Å²) in [4.78, 5) is 10.8. The molecule has 9 aromatic carbocycles. The highest BCUT2D eigenvalue weighted by Crippen LogP contribution is 2.57. The zero-order valence-electron chi connectivity index (χ0n) is 34.8. The maximum atomic E-state index is 7.16. The van der Waals surface area contributed by atoms with Crippen LogP contribution in [0, 0.1) is 0 Å². The minimum Gasteiger partial charge on any atom is -0.457 e. The molecule has 0 spiro atoms. The topological polar surface area (TPSA) is 44.2 Å². The largest absolute Gasteiger partial charge is 0.457 e. The Kier molecular flexibility index (Phi) is 9.02. The molecule has 0 unspecified atom stereocenters. The van der Waals surface area contributed by atoms with Crippen LogP contribution in [0.25, 0.3) is 33.9 Å². The zero-order valence-corrected chi connectivity index (χ0v) is 35.8. The average Bonchev–Trinajstić information content (AvgIpc) is 3.38. The van der Waals surface area contributed by atoms with Crippen molar-refractivity contribution in [1.82, 2.24) is 9.97 Å². The molecule has 0 amide bonds. The van der Waals surface area contributed by atoms with E-state index in [1.165, 1.54) is 20.7 Å². The molecule has 0 aliphatic carbocycles. The van der Waals surface area contributed by atoms with Gasteiger partial charge in [0.2, 0.25) is 0 Å². The average molecular weight is 837 g/mol. The Labute approximate surface area is 373 Å². The number of hydrogen-bond acceptors (Lipinski definition) is 4. The van der Waals surface area contributed by atoms with E-state index in [0.717, 1.165) is 73.3 Å². The van der Waals surface area contributed by atoms with Crippen molar-refractivity contribution >= 4 is 28.8 Å². The van der Waals surface area contributed by atoms with Crippen LogP contribution >= 0.6 is 0 Å². The van der Waals surface area contributed by atoms with Crippen molar-refractivity contribution < 1.29 is 9.47 Å². The number of fused-ring (bicyclic) bond motifs is 4. The maximum Gasteiger partial charge on any atom is 0.188 e. The normalized spacial score (nSPS) is 13.8. The number of ether oxygens (including phenoxy) is 2. The summed E-state index contributed by atoms with van der Waals surface area (Å²) in [7, 11) is -2.92. The minimum absolute atomic E-state index is 0.614. The van der Waals surface area contributed by atoms with E-state index in [1.807, 2.05) is 18.2 Å². The smallest absolute Gasteiger partial charge is 0.188 e. The third-order valence-electron chi connectivity index (χ3n) is 13.0. The fraction of sp³-hybridized carbons (Fsp3) is 0.0169. The van der Waals surface area contributed by atoms with Gasteiger partial charge < -0.3 is 9.47 Å². The highest BCUT2D eigenvalue weighted by molar-refractivity contribution is 7.20. The summed E-state index contributed by atoms with van der Waals surface area (Å²) < 4.78 is 14.3. The lowest BCUT2D eigenvalue weighted by Crippen LogP contribution is -2.76. The zero-order chi connectivity index (χ0) is 42.5. The summed E-state index contributed by atoms with van der Waals surface area (Å²) in [6.45, 7) is 0. The summed E-state index contributed by atoms with van der Waals surface area (Å²) in [5.74, 6) is 3.86. The van der Waals surface area contributed by atoms with Crippen LogP contribution in [-0.4, -0.2) is 18.0 Å². The fourth-order valence-electron chi connectivity index (χ4n) is 10.3. The standard InChI is InChI=1S/C59H40N2O2Si/c1-6-22-41(23-7-1)58-60-50(46-32-20-35-49-56(46)62-52-36-17-16-34-48(52)59(49,42-24-8-2-9-25-42)43-26-10-3-11-27-43)40-51(61-58)47-33-21-39-55-57(47)63-53-37-18-19-38-54(53)64(55,44-28-12-4-13-29-44)45-30-14-5-15-31-45/h1-40H. The molecule has 0 saturated carbocycles. The van der Waals surface area contributed by atoms with Gasteiger partial charge in [0.1, 0.15) is 23.0 Å². The number of para-hydroxylation sites is 4. The van der Waals surface area contributed by atoms with Crippen LogP contribution in [0.3, 0.4) is 0 Å². The van der Waals surface area contributed by atoms with Crippen molar-refractivity contribution in [2.45, 2.75) is 5.41 Å². The number of benzene rings is 9. The van der Waals surface area contributed by atoms with Gasteiger partial charge in [-0.1, -0.05) is 212 Å². The molecule has 0 N–H and O–H groups in total. The quantitative estimate of drug-likeness (QED) is 0.150. The van der Waals surface area contributed by atoms with E-state index < -0.39 is 13.5 Å². The summed E-state index contributed by atoms with van der Waals surface area (Å²) in [5, 5.41) is 4.98. The number of nitrogens with zero attached hydrogens (tertiary/aromatic N) is 2. The van der Waals surface area contributed by atoms with Crippen molar-refractivity contribution in [3.8, 4) is 56.9 Å². The predicted molar refractivity (Wildman–Crippen MR) is 260 cm³/mol. The van der Waals surface area contributed by atoms with Gasteiger partial charge in [-0.15, -0.1) is 0 Å². The van der Waals surface area contributed by atoms with E-state index in [4.69, 9.17) is 19.4 Å². The second-order valence-corrected chi connectivity index (χ2v) is 20.1. The fourth-order valence-corrected chi connectivity index (χ4v) is 15.3. The Morgan fingerprint density at radius 1 is 0.359 bits per heavy atom. The van der Waals surface area contributed by atoms with Gasteiger partial charge in [-0.05, 0) is 62.2 Å².